The number of urea groups is 1. The lowest BCUT2D eigenvalue weighted by atomic mass is 9.95. The van der Waals surface area contributed by atoms with Crippen molar-refractivity contribution in [3.63, 3.8) is 0 Å². The molecule has 2 amide bonds. The predicted octanol–water partition coefficient (Wildman–Crippen LogP) is 4.14. The van der Waals surface area contributed by atoms with Gasteiger partial charge in [0.1, 0.15) is 5.76 Å². The Morgan fingerprint density at radius 1 is 1.32 bits per heavy atom. The third-order valence-electron chi connectivity index (χ3n) is 4.34. The summed E-state index contributed by atoms with van der Waals surface area (Å²) in [7, 11) is 0. The number of amides is 2. The normalized spacial score (nSPS) is 13.5. The lowest BCUT2D eigenvalue weighted by Gasteiger charge is -2.29. The fourth-order valence-electron chi connectivity index (χ4n) is 2.39. The van der Waals surface area contributed by atoms with E-state index >= 15 is 0 Å². The molecule has 0 spiro atoms. The molecular formula is C19H27N3O3. The molecule has 1 unspecified atom stereocenters. The average molecular weight is 345 g/mol. The molecule has 0 saturated heterocycles. The topological polar surface area (TPSA) is 87.4 Å². The highest BCUT2D eigenvalue weighted by atomic mass is 16.4. The Bertz CT molecular complexity index is 694. The summed E-state index contributed by atoms with van der Waals surface area (Å²) in [6.07, 6.45) is 2.99. The monoisotopic (exact) mass is 345 g/mol. The minimum atomic E-state index is -0.426. The van der Waals surface area contributed by atoms with Gasteiger partial charge in [-0.15, -0.1) is 0 Å². The number of carbonyl (C=O) groups excluding carboxylic acids is 1. The minimum Gasteiger partial charge on any atom is -0.441 e. The van der Waals surface area contributed by atoms with E-state index in [1.54, 1.807) is 6.20 Å². The molecule has 1 heterocycles. The van der Waals surface area contributed by atoms with E-state index in [-0.39, 0.29) is 18.6 Å². The third kappa shape index (κ3) is 5.06. The smallest absolute Gasteiger partial charge is 0.319 e. The van der Waals surface area contributed by atoms with Crippen molar-refractivity contribution in [2.24, 2.45) is 0 Å². The summed E-state index contributed by atoms with van der Waals surface area (Å²) >= 11 is 0. The number of rotatable bonds is 7. The minimum absolute atomic E-state index is 0.0355. The number of anilines is 1. The number of aliphatic hydroxyl groups excluding tert-OH is 1. The maximum Gasteiger partial charge on any atom is 0.319 e. The molecule has 3 N–H and O–H groups in total. The van der Waals surface area contributed by atoms with Crippen LogP contribution in [0, 0.1) is 0 Å². The van der Waals surface area contributed by atoms with Crippen molar-refractivity contribution in [3.05, 3.63) is 36.2 Å². The number of aromatic nitrogens is 1. The number of nitrogens with one attached hydrogen (secondary N) is 2. The zero-order valence-electron chi connectivity index (χ0n) is 15.3. The van der Waals surface area contributed by atoms with Crippen molar-refractivity contribution in [3.8, 4) is 11.5 Å². The lowest BCUT2D eigenvalue weighted by molar-refractivity contribution is 0.208. The molecule has 0 saturated carbocycles. The van der Waals surface area contributed by atoms with Gasteiger partial charge in [0, 0.05) is 29.3 Å². The van der Waals surface area contributed by atoms with Gasteiger partial charge >= 0.3 is 6.03 Å². The van der Waals surface area contributed by atoms with Crippen molar-refractivity contribution in [1.29, 1.82) is 0 Å². The molecule has 6 heteroatoms. The molecule has 1 atom stereocenters. The van der Waals surface area contributed by atoms with Crippen LogP contribution in [0.5, 0.6) is 0 Å². The number of nitrogens with zero attached hydrogens (tertiary/aromatic N) is 1. The van der Waals surface area contributed by atoms with Crippen LogP contribution in [0.2, 0.25) is 0 Å². The van der Waals surface area contributed by atoms with E-state index in [2.05, 4.69) is 29.5 Å². The molecule has 0 bridgehead atoms. The zero-order valence-corrected chi connectivity index (χ0v) is 15.3. The summed E-state index contributed by atoms with van der Waals surface area (Å²) in [6.45, 7) is 8.04. The summed E-state index contributed by atoms with van der Waals surface area (Å²) in [5.74, 6) is 1.71. The Balaban J connectivity index is 2.01. The highest BCUT2D eigenvalue weighted by Crippen LogP contribution is 2.24. The van der Waals surface area contributed by atoms with Crippen LogP contribution in [0.3, 0.4) is 0 Å². The first-order valence-corrected chi connectivity index (χ1v) is 8.63. The van der Waals surface area contributed by atoms with Crippen LogP contribution in [0.15, 0.2) is 34.9 Å². The summed E-state index contributed by atoms with van der Waals surface area (Å²) in [6, 6.07) is 7.05. The van der Waals surface area contributed by atoms with Crippen LogP contribution < -0.4 is 10.6 Å². The summed E-state index contributed by atoms with van der Waals surface area (Å²) in [5, 5.41) is 14.8. The van der Waals surface area contributed by atoms with E-state index in [1.807, 2.05) is 38.1 Å². The van der Waals surface area contributed by atoms with Crippen LogP contribution >= 0.6 is 0 Å². The highest BCUT2D eigenvalue weighted by molar-refractivity contribution is 5.90. The first-order valence-electron chi connectivity index (χ1n) is 8.63. The summed E-state index contributed by atoms with van der Waals surface area (Å²) in [4.78, 5) is 16.4. The first kappa shape index (κ1) is 19.0. The van der Waals surface area contributed by atoms with Crippen LogP contribution in [0.25, 0.3) is 11.5 Å². The summed E-state index contributed by atoms with van der Waals surface area (Å²) < 4.78 is 5.72. The van der Waals surface area contributed by atoms with Gasteiger partial charge in [-0.2, -0.15) is 0 Å². The molecule has 2 rings (SSSR count). The highest BCUT2D eigenvalue weighted by Gasteiger charge is 2.23. The van der Waals surface area contributed by atoms with Gasteiger partial charge in [0.2, 0.25) is 5.89 Å². The molecule has 0 radical (unpaired) electrons. The Hall–Kier alpha value is -2.34. The third-order valence-corrected chi connectivity index (χ3v) is 4.34. The SMILES string of the molecule is CCC(C)(CCO)NC(=O)Nc1ccc(-c2ncc(C(C)C)o2)cc1. The molecule has 0 aliphatic carbocycles. The maximum absolute atomic E-state index is 12.2. The van der Waals surface area contributed by atoms with Gasteiger partial charge in [-0.05, 0) is 44.0 Å². The molecule has 1 aromatic heterocycles. The average Bonchev–Trinajstić information content (AvgIpc) is 3.06. The number of benzene rings is 1. The van der Waals surface area contributed by atoms with Gasteiger partial charge in [0.15, 0.2) is 0 Å². The van der Waals surface area contributed by atoms with E-state index in [1.165, 1.54) is 0 Å². The predicted molar refractivity (Wildman–Crippen MR) is 98.6 cm³/mol. The molecule has 136 valence electrons. The quantitative estimate of drug-likeness (QED) is 0.704. The molecule has 0 fully saturated rings. The molecule has 1 aromatic carbocycles. The zero-order chi connectivity index (χ0) is 18.4. The lowest BCUT2D eigenvalue weighted by Crippen LogP contribution is -2.48. The van der Waals surface area contributed by atoms with E-state index in [4.69, 9.17) is 9.52 Å². The molecule has 25 heavy (non-hydrogen) atoms. The number of carbonyl (C=O) groups is 1. The van der Waals surface area contributed by atoms with Gasteiger partial charge < -0.3 is 20.2 Å². The molecule has 6 nitrogen and oxygen atoms in total. The van der Waals surface area contributed by atoms with Gasteiger partial charge in [-0.25, -0.2) is 9.78 Å². The van der Waals surface area contributed by atoms with E-state index < -0.39 is 5.54 Å². The van der Waals surface area contributed by atoms with E-state index in [0.29, 0.717) is 18.0 Å². The Labute approximate surface area is 148 Å². The van der Waals surface area contributed by atoms with Crippen molar-refractivity contribution >= 4 is 11.7 Å². The summed E-state index contributed by atoms with van der Waals surface area (Å²) in [5.41, 5.74) is 1.11. The molecular weight excluding hydrogens is 318 g/mol. The first-order chi connectivity index (χ1) is 11.9. The fraction of sp³-hybridized carbons (Fsp3) is 0.474. The number of aliphatic hydroxyl groups is 1. The van der Waals surface area contributed by atoms with Crippen molar-refractivity contribution in [1.82, 2.24) is 10.3 Å². The number of hydrogen-bond donors (Lipinski definition) is 3. The Morgan fingerprint density at radius 2 is 2.00 bits per heavy atom. The Kier molecular flexibility index (Phi) is 6.20. The Morgan fingerprint density at radius 3 is 2.52 bits per heavy atom. The van der Waals surface area contributed by atoms with Crippen LogP contribution in [-0.4, -0.2) is 28.3 Å². The van der Waals surface area contributed by atoms with Crippen molar-refractivity contribution < 1.29 is 14.3 Å². The molecule has 0 aliphatic heterocycles. The van der Waals surface area contributed by atoms with Gasteiger partial charge in [0.05, 0.1) is 6.20 Å². The largest absolute Gasteiger partial charge is 0.441 e. The fourth-order valence-corrected chi connectivity index (χ4v) is 2.39. The maximum atomic E-state index is 12.2. The van der Waals surface area contributed by atoms with Gasteiger partial charge in [-0.3, -0.25) is 0 Å². The van der Waals surface area contributed by atoms with Crippen LogP contribution in [-0.2, 0) is 0 Å². The van der Waals surface area contributed by atoms with Crippen molar-refractivity contribution in [2.75, 3.05) is 11.9 Å². The van der Waals surface area contributed by atoms with E-state index in [9.17, 15) is 4.79 Å². The second-order valence-corrected chi connectivity index (χ2v) is 6.77. The number of oxazole rings is 1. The molecule has 2 aromatic rings. The van der Waals surface area contributed by atoms with E-state index in [0.717, 1.165) is 17.7 Å². The van der Waals surface area contributed by atoms with Crippen LogP contribution in [0.1, 0.15) is 52.2 Å². The van der Waals surface area contributed by atoms with Gasteiger partial charge in [-0.1, -0.05) is 20.8 Å². The van der Waals surface area contributed by atoms with Crippen molar-refractivity contribution in [2.45, 2.75) is 52.0 Å². The standard InChI is InChI=1S/C19H27N3O3/c1-5-19(4,10-11-23)22-18(24)21-15-8-6-14(7-9-15)17-20-12-16(25-17)13(2)3/h6-9,12-13,23H,5,10-11H2,1-4H3,(H2,21,22,24). The second kappa shape index (κ2) is 8.16. The van der Waals surface area contributed by atoms with Crippen LogP contribution in [0.4, 0.5) is 10.5 Å². The number of hydrogen-bond acceptors (Lipinski definition) is 4. The second-order valence-electron chi connectivity index (χ2n) is 6.77. The van der Waals surface area contributed by atoms with Gasteiger partial charge in [0.25, 0.3) is 0 Å². The molecule has 0 aliphatic rings.